The number of hydrogen-bond donors (Lipinski definition) is 1. The zero-order valence-electron chi connectivity index (χ0n) is 16.9. The van der Waals surface area contributed by atoms with Crippen molar-refractivity contribution in [1.82, 2.24) is 10.2 Å². The van der Waals surface area contributed by atoms with E-state index in [-0.39, 0.29) is 19.1 Å². The highest BCUT2D eigenvalue weighted by molar-refractivity contribution is 6.07. The van der Waals surface area contributed by atoms with Crippen LogP contribution in [0.3, 0.4) is 0 Å². The Labute approximate surface area is 176 Å². The average molecular weight is 400 g/mol. The summed E-state index contributed by atoms with van der Waals surface area (Å²) >= 11 is 0. The number of aryl methyl sites for hydroxylation is 1. The second-order valence-corrected chi connectivity index (χ2v) is 7.48. The normalized spacial score (nSPS) is 18.4. The molecule has 0 bridgehead atoms. The molecule has 0 aliphatic carbocycles. The Kier molecular flexibility index (Phi) is 5.53. The van der Waals surface area contributed by atoms with Crippen molar-refractivity contribution < 1.29 is 14.3 Å². The van der Waals surface area contributed by atoms with E-state index in [1.54, 1.807) is 0 Å². The minimum Gasteiger partial charge on any atom is -0.492 e. The summed E-state index contributed by atoms with van der Waals surface area (Å²) < 4.78 is 5.74. The van der Waals surface area contributed by atoms with Crippen LogP contribution in [0.2, 0.25) is 0 Å². The number of carbonyl (C=O) groups is 2. The molecule has 3 aromatic rings. The zero-order valence-corrected chi connectivity index (χ0v) is 16.9. The molecular formula is C25H24N2O3. The third-order valence-electron chi connectivity index (χ3n) is 5.36. The maximum absolute atomic E-state index is 13.5. The van der Waals surface area contributed by atoms with E-state index in [0.717, 1.165) is 16.7 Å². The molecule has 0 aromatic heterocycles. The van der Waals surface area contributed by atoms with Crippen molar-refractivity contribution in [3.05, 3.63) is 102 Å². The van der Waals surface area contributed by atoms with Gasteiger partial charge < -0.3 is 10.1 Å². The highest BCUT2D eigenvalue weighted by atomic mass is 16.5. The minimum absolute atomic E-state index is 0.182. The van der Waals surface area contributed by atoms with Crippen LogP contribution in [0.5, 0.6) is 5.75 Å². The van der Waals surface area contributed by atoms with Gasteiger partial charge in [0.2, 0.25) is 0 Å². The van der Waals surface area contributed by atoms with E-state index in [1.807, 2.05) is 91.9 Å². The number of urea groups is 1. The highest BCUT2D eigenvalue weighted by Gasteiger charge is 2.52. The molecule has 3 aromatic carbocycles. The predicted molar refractivity (Wildman–Crippen MR) is 115 cm³/mol. The molecule has 0 unspecified atom stereocenters. The van der Waals surface area contributed by atoms with Crippen LogP contribution in [-0.2, 0) is 16.8 Å². The molecule has 1 fully saturated rings. The molecule has 4 rings (SSSR count). The summed E-state index contributed by atoms with van der Waals surface area (Å²) in [7, 11) is 0. The van der Waals surface area contributed by atoms with Crippen LogP contribution in [0, 0.1) is 6.92 Å². The van der Waals surface area contributed by atoms with Crippen LogP contribution in [0.1, 0.15) is 16.7 Å². The molecule has 0 radical (unpaired) electrons. The van der Waals surface area contributed by atoms with Crippen LogP contribution in [0.15, 0.2) is 84.9 Å². The summed E-state index contributed by atoms with van der Waals surface area (Å²) in [6.45, 7) is 2.42. The molecule has 1 saturated heterocycles. The minimum atomic E-state index is -1.12. The topological polar surface area (TPSA) is 58.6 Å². The lowest BCUT2D eigenvalue weighted by atomic mass is 9.83. The predicted octanol–water partition coefficient (Wildman–Crippen LogP) is 4.06. The van der Waals surface area contributed by atoms with Crippen molar-refractivity contribution in [3.8, 4) is 5.75 Å². The highest BCUT2D eigenvalue weighted by Crippen LogP contribution is 2.33. The summed E-state index contributed by atoms with van der Waals surface area (Å²) in [6, 6.07) is 26.4. The van der Waals surface area contributed by atoms with Crippen molar-refractivity contribution in [2.24, 2.45) is 0 Å². The number of hydrogen-bond acceptors (Lipinski definition) is 3. The number of amides is 3. The van der Waals surface area contributed by atoms with Crippen molar-refractivity contribution in [2.45, 2.75) is 18.9 Å². The molecule has 1 N–H and O–H groups in total. The first-order valence-electron chi connectivity index (χ1n) is 10.0. The Morgan fingerprint density at radius 1 is 0.867 bits per heavy atom. The van der Waals surface area contributed by atoms with E-state index < -0.39 is 11.6 Å². The van der Waals surface area contributed by atoms with Crippen molar-refractivity contribution in [1.29, 1.82) is 0 Å². The van der Waals surface area contributed by atoms with E-state index in [2.05, 4.69) is 5.32 Å². The van der Waals surface area contributed by atoms with Crippen LogP contribution < -0.4 is 10.1 Å². The number of imide groups is 1. The maximum Gasteiger partial charge on any atom is 0.325 e. The van der Waals surface area contributed by atoms with E-state index >= 15 is 0 Å². The van der Waals surface area contributed by atoms with Gasteiger partial charge in [0.25, 0.3) is 5.91 Å². The van der Waals surface area contributed by atoms with E-state index in [4.69, 9.17) is 4.74 Å². The first kappa shape index (κ1) is 19.7. The van der Waals surface area contributed by atoms with Crippen LogP contribution >= 0.6 is 0 Å². The molecule has 5 heteroatoms. The third-order valence-corrected chi connectivity index (χ3v) is 5.36. The molecule has 5 nitrogen and oxygen atoms in total. The molecule has 30 heavy (non-hydrogen) atoms. The first-order valence-corrected chi connectivity index (χ1v) is 10.0. The number of nitrogens with zero attached hydrogens (tertiary/aromatic N) is 1. The first-order chi connectivity index (χ1) is 14.6. The zero-order chi connectivity index (χ0) is 21.0. The molecule has 1 aliphatic heterocycles. The van der Waals surface area contributed by atoms with Gasteiger partial charge in [0, 0.05) is 6.42 Å². The SMILES string of the molecule is Cc1ccc(OCCN2C(=O)N[C@](Cc3ccccc3)(c3ccccc3)C2=O)cc1. The van der Waals surface area contributed by atoms with Gasteiger partial charge in [0.05, 0.1) is 6.54 Å². The van der Waals surface area contributed by atoms with Gasteiger partial charge in [-0.25, -0.2) is 4.79 Å². The van der Waals surface area contributed by atoms with Crippen molar-refractivity contribution in [3.63, 3.8) is 0 Å². The summed E-state index contributed by atoms with van der Waals surface area (Å²) in [5, 5.41) is 2.97. The Morgan fingerprint density at radius 3 is 2.17 bits per heavy atom. The fourth-order valence-electron chi connectivity index (χ4n) is 3.76. The van der Waals surface area contributed by atoms with Gasteiger partial charge in [-0.1, -0.05) is 78.4 Å². The largest absolute Gasteiger partial charge is 0.492 e. The molecule has 1 atom stereocenters. The Balaban J connectivity index is 1.55. The fourth-order valence-corrected chi connectivity index (χ4v) is 3.76. The molecule has 3 amide bonds. The summed E-state index contributed by atoms with van der Waals surface area (Å²) in [4.78, 5) is 27.6. The van der Waals surface area contributed by atoms with Gasteiger partial charge in [-0.2, -0.15) is 0 Å². The van der Waals surface area contributed by atoms with Gasteiger partial charge in [0.15, 0.2) is 5.54 Å². The maximum atomic E-state index is 13.5. The third kappa shape index (κ3) is 3.92. The number of ether oxygens (including phenoxy) is 1. The number of rotatable bonds is 7. The monoisotopic (exact) mass is 400 g/mol. The molecule has 0 saturated carbocycles. The van der Waals surface area contributed by atoms with Crippen LogP contribution in [0.25, 0.3) is 0 Å². The quantitative estimate of drug-likeness (QED) is 0.609. The van der Waals surface area contributed by atoms with E-state index in [1.165, 1.54) is 4.90 Å². The number of carbonyl (C=O) groups excluding carboxylic acids is 2. The van der Waals surface area contributed by atoms with Crippen LogP contribution in [0.4, 0.5) is 4.79 Å². The van der Waals surface area contributed by atoms with Gasteiger partial charge >= 0.3 is 6.03 Å². The molecular weight excluding hydrogens is 376 g/mol. The molecule has 0 spiro atoms. The molecule has 152 valence electrons. The van der Waals surface area contributed by atoms with Gasteiger partial charge in [0.1, 0.15) is 12.4 Å². The van der Waals surface area contributed by atoms with Gasteiger partial charge in [-0.05, 0) is 30.2 Å². The van der Waals surface area contributed by atoms with Crippen LogP contribution in [-0.4, -0.2) is 30.0 Å². The lowest BCUT2D eigenvalue weighted by Gasteiger charge is -2.27. The van der Waals surface area contributed by atoms with E-state index in [9.17, 15) is 9.59 Å². The summed E-state index contributed by atoms with van der Waals surface area (Å²) in [6.07, 6.45) is 0.387. The van der Waals surface area contributed by atoms with Crippen molar-refractivity contribution >= 4 is 11.9 Å². The fraction of sp³-hybridized carbons (Fsp3) is 0.200. The van der Waals surface area contributed by atoms with Gasteiger partial charge in [-0.3, -0.25) is 9.69 Å². The molecule has 1 heterocycles. The Morgan fingerprint density at radius 2 is 1.50 bits per heavy atom. The lowest BCUT2D eigenvalue weighted by Crippen LogP contribution is -2.46. The standard InChI is InChI=1S/C25H24N2O3/c1-19-12-14-22(15-13-19)30-17-16-27-23(28)25(26-24(27)29,21-10-6-3-7-11-21)18-20-8-4-2-5-9-20/h2-15H,16-18H2,1H3,(H,26,29)/t25-/m1/s1. The second kappa shape index (κ2) is 8.41. The summed E-state index contributed by atoms with van der Waals surface area (Å²) in [5.74, 6) is 0.460. The smallest absolute Gasteiger partial charge is 0.325 e. The second-order valence-electron chi connectivity index (χ2n) is 7.48. The Bertz CT molecular complexity index is 1020. The lowest BCUT2D eigenvalue weighted by molar-refractivity contribution is -0.131. The average Bonchev–Trinajstić information content (AvgIpc) is 3.01. The Hall–Kier alpha value is -3.60. The number of nitrogens with one attached hydrogen (secondary N) is 1. The van der Waals surface area contributed by atoms with Crippen molar-refractivity contribution in [2.75, 3.05) is 13.2 Å². The molecule has 1 aliphatic rings. The summed E-state index contributed by atoms with van der Waals surface area (Å²) in [5.41, 5.74) is 1.77. The van der Waals surface area contributed by atoms with E-state index in [0.29, 0.717) is 12.2 Å². The number of benzene rings is 3. The van der Waals surface area contributed by atoms with Gasteiger partial charge in [-0.15, -0.1) is 0 Å².